The minimum Gasteiger partial charge on any atom is -0.394 e. The number of aliphatic hydroxyl groups is 2. The van der Waals surface area contributed by atoms with Gasteiger partial charge in [0.15, 0.2) is 0 Å². The van der Waals surface area contributed by atoms with E-state index >= 15 is 0 Å². The van der Waals surface area contributed by atoms with Crippen molar-refractivity contribution in [3.63, 3.8) is 0 Å². The molecule has 0 aromatic rings. The molecule has 3 N–H and O–H groups in total. The van der Waals surface area contributed by atoms with Crippen molar-refractivity contribution in [2.45, 2.75) is 32.5 Å². The van der Waals surface area contributed by atoms with Crippen LogP contribution in [-0.4, -0.2) is 61.8 Å². The van der Waals surface area contributed by atoms with Crippen molar-refractivity contribution in [2.24, 2.45) is 5.92 Å². The second-order valence-corrected chi connectivity index (χ2v) is 4.16. The topological polar surface area (TPSA) is 88.0 Å². The van der Waals surface area contributed by atoms with Crippen molar-refractivity contribution in [1.29, 1.82) is 0 Å². The highest BCUT2D eigenvalue weighted by Gasteiger charge is 2.27. The monoisotopic (exact) mass is 263 g/mol. The molecule has 0 aliphatic rings. The van der Waals surface area contributed by atoms with Gasteiger partial charge in [-0.25, -0.2) is 0 Å². The van der Waals surface area contributed by atoms with Crippen LogP contribution < -0.4 is 5.32 Å². The molecule has 0 aliphatic carbocycles. The summed E-state index contributed by atoms with van der Waals surface area (Å²) < 4.78 is 10.3. The van der Waals surface area contributed by atoms with Crippen molar-refractivity contribution in [1.82, 2.24) is 5.32 Å². The van der Waals surface area contributed by atoms with E-state index in [-0.39, 0.29) is 25.0 Å². The molecule has 0 rings (SSSR count). The summed E-state index contributed by atoms with van der Waals surface area (Å²) in [5, 5.41) is 21.8. The van der Waals surface area contributed by atoms with Gasteiger partial charge in [0, 0.05) is 26.5 Å². The molecule has 6 heteroatoms. The summed E-state index contributed by atoms with van der Waals surface area (Å²) in [6, 6.07) is 0. The van der Waals surface area contributed by atoms with Crippen LogP contribution in [-0.2, 0) is 14.3 Å². The van der Waals surface area contributed by atoms with Crippen LogP contribution in [0.4, 0.5) is 0 Å². The normalized spacial score (nSPS) is 16.1. The fraction of sp³-hybridized carbons (Fsp3) is 0.917. The van der Waals surface area contributed by atoms with Gasteiger partial charge in [0.2, 0.25) is 5.91 Å². The van der Waals surface area contributed by atoms with E-state index < -0.39 is 12.2 Å². The van der Waals surface area contributed by atoms with Gasteiger partial charge in [0.1, 0.15) is 0 Å². The molecule has 0 saturated carbocycles. The fourth-order valence-corrected chi connectivity index (χ4v) is 1.78. The first kappa shape index (κ1) is 17.3. The first-order valence-electron chi connectivity index (χ1n) is 6.20. The van der Waals surface area contributed by atoms with Gasteiger partial charge in [-0.1, -0.05) is 6.92 Å². The molecule has 0 spiro atoms. The molecule has 108 valence electrons. The first-order chi connectivity index (χ1) is 8.56. The highest BCUT2D eigenvalue weighted by atomic mass is 16.5. The number of hydrogen-bond donors (Lipinski definition) is 3. The van der Waals surface area contributed by atoms with E-state index in [1.54, 1.807) is 7.11 Å². The van der Waals surface area contributed by atoms with Crippen molar-refractivity contribution in [3.05, 3.63) is 0 Å². The van der Waals surface area contributed by atoms with Gasteiger partial charge in [-0.15, -0.1) is 0 Å². The number of nitrogens with one attached hydrogen (secondary N) is 1. The van der Waals surface area contributed by atoms with Gasteiger partial charge < -0.3 is 25.0 Å². The molecule has 0 aromatic carbocycles. The highest BCUT2D eigenvalue weighted by molar-refractivity contribution is 5.72. The predicted octanol–water partition coefficient (Wildman–Crippen LogP) is -0.466. The molecule has 0 heterocycles. The zero-order chi connectivity index (χ0) is 14.0. The number of carbonyl (C=O) groups excluding carboxylic acids is 1. The van der Waals surface area contributed by atoms with Crippen LogP contribution in [0.2, 0.25) is 0 Å². The van der Waals surface area contributed by atoms with Gasteiger partial charge >= 0.3 is 0 Å². The average Bonchev–Trinajstić information content (AvgIpc) is 2.35. The third-order valence-electron chi connectivity index (χ3n) is 2.80. The number of hydrogen-bond acceptors (Lipinski definition) is 5. The Kier molecular flexibility index (Phi) is 9.86. The summed E-state index contributed by atoms with van der Waals surface area (Å²) in [7, 11) is 1.57. The number of amides is 1. The Morgan fingerprint density at radius 3 is 2.50 bits per heavy atom. The molecule has 1 amide bonds. The summed E-state index contributed by atoms with van der Waals surface area (Å²) >= 11 is 0. The van der Waals surface area contributed by atoms with E-state index in [9.17, 15) is 15.0 Å². The number of methoxy groups -OCH3 is 1. The lowest BCUT2D eigenvalue weighted by Crippen LogP contribution is -2.42. The highest BCUT2D eigenvalue weighted by Crippen LogP contribution is 2.16. The maximum atomic E-state index is 10.8. The SMILES string of the molecule is CCC(C(O)CNC(C)=O)C(CO)OCCOC. The Labute approximate surface area is 108 Å². The smallest absolute Gasteiger partial charge is 0.216 e. The van der Waals surface area contributed by atoms with E-state index in [1.165, 1.54) is 6.92 Å². The van der Waals surface area contributed by atoms with Crippen LogP contribution in [0, 0.1) is 5.92 Å². The van der Waals surface area contributed by atoms with Gasteiger partial charge in [-0.2, -0.15) is 0 Å². The molecule has 3 unspecified atom stereocenters. The molecular formula is C12H25NO5. The zero-order valence-corrected chi connectivity index (χ0v) is 11.4. The fourth-order valence-electron chi connectivity index (χ4n) is 1.78. The lowest BCUT2D eigenvalue weighted by molar-refractivity contribution is -0.120. The Hall–Kier alpha value is -0.690. The van der Waals surface area contributed by atoms with Crippen molar-refractivity contribution in [2.75, 3.05) is 33.5 Å². The van der Waals surface area contributed by atoms with Crippen molar-refractivity contribution >= 4 is 5.91 Å². The standard InChI is InChI=1S/C12H25NO5/c1-4-10(11(16)7-13-9(2)15)12(8-14)18-6-5-17-3/h10-12,14,16H,4-8H2,1-3H3,(H,13,15). The van der Waals surface area contributed by atoms with E-state index in [1.807, 2.05) is 6.92 Å². The van der Waals surface area contributed by atoms with Crippen molar-refractivity contribution in [3.8, 4) is 0 Å². The summed E-state index contributed by atoms with van der Waals surface area (Å²) in [6.45, 7) is 4.10. The summed E-state index contributed by atoms with van der Waals surface area (Å²) in [5.74, 6) is -0.413. The molecule has 0 saturated heterocycles. The molecule has 0 fully saturated rings. The lowest BCUT2D eigenvalue weighted by Gasteiger charge is -2.29. The quantitative estimate of drug-likeness (QED) is 0.464. The van der Waals surface area contributed by atoms with E-state index in [2.05, 4.69) is 5.32 Å². The van der Waals surface area contributed by atoms with Gasteiger partial charge in [0.05, 0.1) is 32.0 Å². The number of rotatable bonds is 10. The third-order valence-corrected chi connectivity index (χ3v) is 2.80. The predicted molar refractivity (Wildman–Crippen MR) is 67.2 cm³/mol. The number of aliphatic hydroxyl groups excluding tert-OH is 2. The Morgan fingerprint density at radius 2 is 2.06 bits per heavy atom. The lowest BCUT2D eigenvalue weighted by atomic mass is 9.93. The van der Waals surface area contributed by atoms with Crippen LogP contribution in [0.1, 0.15) is 20.3 Å². The Bertz CT molecular complexity index is 225. The van der Waals surface area contributed by atoms with Crippen LogP contribution in [0.15, 0.2) is 0 Å². The Morgan fingerprint density at radius 1 is 1.39 bits per heavy atom. The molecule has 0 bridgehead atoms. The van der Waals surface area contributed by atoms with E-state index in [0.717, 1.165) is 0 Å². The molecule has 0 radical (unpaired) electrons. The third kappa shape index (κ3) is 6.90. The average molecular weight is 263 g/mol. The van der Waals surface area contributed by atoms with Crippen molar-refractivity contribution < 1.29 is 24.5 Å². The minimum atomic E-state index is -0.737. The maximum absolute atomic E-state index is 10.8. The largest absolute Gasteiger partial charge is 0.394 e. The Balaban J connectivity index is 4.26. The van der Waals surface area contributed by atoms with Crippen LogP contribution in [0.3, 0.4) is 0 Å². The van der Waals surface area contributed by atoms with Gasteiger partial charge in [-0.3, -0.25) is 4.79 Å². The second kappa shape index (κ2) is 10.3. The second-order valence-electron chi connectivity index (χ2n) is 4.16. The molecule has 0 aliphatic heterocycles. The van der Waals surface area contributed by atoms with E-state index in [4.69, 9.17) is 9.47 Å². The van der Waals surface area contributed by atoms with E-state index in [0.29, 0.717) is 19.6 Å². The van der Waals surface area contributed by atoms with Crippen LogP contribution >= 0.6 is 0 Å². The molecular weight excluding hydrogens is 238 g/mol. The summed E-state index contributed by atoms with van der Waals surface area (Å²) in [6.07, 6.45) is -0.536. The first-order valence-corrected chi connectivity index (χ1v) is 6.20. The minimum absolute atomic E-state index is 0.165. The number of ether oxygens (including phenoxy) is 2. The molecule has 6 nitrogen and oxygen atoms in total. The van der Waals surface area contributed by atoms with Gasteiger partial charge in [-0.05, 0) is 6.42 Å². The van der Waals surface area contributed by atoms with Crippen LogP contribution in [0.25, 0.3) is 0 Å². The zero-order valence-electron chi connectivity index (χ0n) is 11.4. The molecule has 18 heavy (non-hydrogen) atoms. The van der Waals surface area contributed by atoms with Gasteiger partial charge in [0.25, 0.3) is 0 Å². The summed E-state index contributed by atoms with van der Waals surface area (Å²) in [4.78, 5) is 10.8. The maximum Gasteiger partial charge on any atom is 0.216 e. The van der Waals surface area contributed by atoms with Crippen LogP contribution in [0.5, 0.6) is 0 Å². The number of carbonyl (C=O) groups is 1. The summed E-state index contributed by atoms with van der Waals surface area (Å²) in [5.41, 5.74) is 0. The molecule has 0 aromatic heterocycles. The molecule has 3 atom stereocenters.